The topological polar surface area (TPSA) is 144 Å². The fourth-order valence-corrected chi connectivity index (χ4v) is 3.70. The van der Waals surface area contributed by atoms with Crippen molar-refractivity contribution in [3.8, 4) is 0 Å². The Kier molecular flexibility index (Phi) is 5.95. The van der Waals surface area contributed by atoms with Crippen molar-refractivity contribution < 1.29 is 4.79 Å². The zero-order valence-corrected chi connectivity index (χ0v) is 16.1. The normalized spacial score (nSPS) is 13.6. The minimum atomic E-state index is -0.146. The number of thiophene rings is 1. The van der Waals surface area contributed by atoms with Crippen molar-refractivity contribution in [2.24, 2.45) is 11.5 Å². The number of hydrogen-bond acceptors (Lipinski definition) is 4. The fourth-order valence-electron chi connectivity index (χ4n) is 2.87. The van der Waals surface area contributed by atoms with Crippen LogP contribution in [0.1, 0.15) is 27.2 Å². The van der Waals surface area contributed by atoms with Crippen molar-refractivity contribution in [1.82, 2.24) is 10.2 Å². The lowest BCUT2D eigenvalue weighted by atomic mass is 10.0. The molecular weight excluding hydrogens is 374 g/mol. The summed E-state index contributed by atoms with van der Waals surface area (Å²) >= 11 is 1.41. The Morgan fingerprint density at radius 2 is 1.96 bits per heavy atom. The third-order valence-electron chi connectivity index (χ3n) is 4.44. The number of hydrogen-bond donors (Lipinski definition) is 6. The number of benzene rings is 1. The molecule has 0 radical (unpaired) electrons. The van der Waals surface area contributed by atoms with Crippen molar-refractivity contribution in [3.63, 3.8) is 0 Å². The molecular formula is C19H23N7OS. The standard InChI is InChI=1S/C19H23N7OS/c20-18(21)24-10-12-1-3-15(4-2-12)25-17(27)16-9-14(11-28-16)13-5-7-26(8-6-13)19(22)23/h1-5,9,11H,6-8,10H2,(H3,22,23)(H,25,27)(H4,20,21,24). The molecule has 0 saturated carbocycles. The highest BCUT2D eigenvalue weighted by Gasteiger charge is 2.16. The molecule has 28 heavy (non-hydrogen) atoms. The van der Waals surface area contributed by atoms with Crippen LogP contribution in [-0.4, -0.2) is 35.8 Å². The highest BCUT2D eigenvalue weighted by atomic mass is 32.1. The number of nitrogens with one attached hydrogen (secondary N) is 4. The van der Waals surface area contributed by atoms with E-state index in [2.05, 4.69) is 16.7 Å². The van der Waals surface area contributed by atoms with Crippen LogP contribution in [0.15, 0.2) is 41.8 Å². The van der Waals surface area contributed by atoms with E-state index in [1.54, 1.807) is 4.90 Å². The molecule has 0 aliphatic carbocycles. The van der Waals surface area contributed by atoms with Gasteiger partial charge in [-0.3, -0.25) is 15.6 Å². The van der Waals surface area contributed by atoms with E-state index >= 15 is 0 Å². The minimum absolute atomic E-state index is 0.0760. The first kappa shape index (κ1) is 19.4. The van der Waals surface area contributed by atoms with Crippen LogP contribution in [0.25, 0.3) is 5.57 Å². The van der Waals surface area contributed by atoms with E-state index in [9.17, 15) is 4.79 Å². The van der Waals surface area contributed by atoms with Crippen LogP contribution in [0.3, 0.4) is 0 Å². The Labute approximate surface area is 167 Å². The van der Waals surface area contributed by atoms with Gasteiger partial charge >= 0.3 is 0 Å². The lowest BCUT2D eigenvalue weighted by molar-refractivity contribution is 0.103. The second-order valence-electron chi connectivity index (χ2n) is 6.43. The average molecular weight is 398 g/mol. The van der Waals surface area contributed by atoms with Gasteiger partial charge in [-0.05, 0) is 46.7 Å². The van der Waals surface area contributed by atoms with Gasteiger partial charge in [0.25, 0.3) is 5.91 Å². The molecule has 8 nitrogen and oxygen atoms in total. The maximum absolute atomic E-state index is 12.5. The minimum Gasteiger partial charge on any atom is -0.370 e. The van der Waals surface area contributed by atoms with Gasteiger partial charge in [0.05, 0.1) is 4.88 Å². The molecule has 146 valence electrons. The summed E-state index contributed by atoms with van der Waals surface area (Å²) < 4.78 is 0. The molecule has 2 aromatic rings. The number of nitrogens with two attached hydrogens (primary N) is 2. The van der Waals surface area contributed by atoms with E-state index in [4.69, 9.17) is 22.3 Å². The molecule has 8 N–H and O–H groups in total. The Bertz CT molecular complexity index is 917. The van der Waals surface area contributed by atoms with Crippen LogP contribution in [0.2, 0.25) is 0 Å². The molecule has 0 fully saturated rings. The molecule has 1 aliphatic heterocycles. The van der Waals surface area contributed by atoms with Crippen molar-refractivity contribution in [2.75, 3.05) is 18.4 Å². The summed E-state index contributed by atoms with van der Waals surface area (Å²) in [7, 11) is 0. The van der Waals surface area contributed by atoms with E-state index in [1.807, 2.05) is 35.7 Å². The van der Waals surface area contributed by atoms with Gasteiger partial charge in [0.1, 0.15) is 0 Å². The first-order chi connectivity index (χ1) is 13.4. The van der Waals surface area contributed by atoms with Gasteiger partial charge in [0.15, 0.2) is 11.9 Å². The van der Waals surface area contributed by atoms with Crippen LogP contribution < -0.4 is 22.1 Å². The Morgan fingerprint density at radius 1 is 1.21 bits per heavy atom. The smallest absolute Gasteiger partial charge is 0.265 e. The number of rotatable bonds is 5. The van der Waals surface area contributed by atoms with Gasteiger partial charge < -0.3 is 27.0 Å². The number of carbonyl (C=O) groups excluding carboxylic acids is 1. The maximum Gasteiger partial charge on any atom is 0.265 e. The monoisotopic (exact) mass is 397 g/mol. The third kappa shape index (κ3) is 4.89. The van der Waals surface area contributed by atoms with Gasteiger partial charge in [-0.15, -0.1) is 11.3 Å². The second-order valence-corrected chi connectivity index (χ2v) is 7.34. The summed E-state index contributed by atoms with van der Waals surface area (Å²) in [6.07, 6.45) is 2.86. The Balaban J connectivity index is 1.60. The highest BCUT2D eigenvalue weighted by Crippen LogP contribution is 2.27. The zero-order valence-electron chi connectivity index (χ0n) is 15.3. The van der Waals surface area contributed by atoms with Crippen LogP contribution in [-0.2, 0) is 6.54 Å². The van der Waals surface area contributed by atoms with Crippen molar-refractivity contribution in [2.45, 2.75) is 13.0 Å². The highest BCUT2D eigenvalue weighted by molar-refractivity contribution is 7.12. The number of guanidine groups is 2. The molecule has 0 unspecified atom stereocenters. The van der Waals surface area contributed by atoms with Gasteiger partial charge in [0.2, 0.25) is 0 Å². The Morgan fingerprint density at radius 3 is 2.57 bits per heavy atom. The molecule has 0 atom stereocenters. The van der Waals surface area contributed by atoms with Crippen molar-refractivity contribution in [1.29, 1.82) is 10.8 Å². The third-order valence-corrected chi connectivity index (χ3v) is 5.37. The van der Waals surface area contributed by atoms with Crippen molar-refractivity contribution in [3.05, 3.63) is 57.8 Å². The first-order valence-corrected chi connectivity index (χ1v) is 9.65. The summed E-state index contributed by atoms with van der Waals surface area (Å²) in [6, 6.07) is 9.30. The number of carbonyl (C=O) groups is 1. The molecule has 9 heteroatoms. The molecule has 0 bridgehead atoms. The van der Waals surface area contributed by atoms with Crippen LogP contribution in [0.4, 0.5) is 5.69 Å². The predicted molar refractivity (Wildman–Crippen MR) is 114 cm³/mol. The van der Waals surface area contributed by atoms with E-state index in [1.165, 1.54) is 16.9 Å². The van der Waals surface area contributed by atoms with Gasteiger partial charge in [0, 0.05) is 25.3 Å². The lowest BCUT2D eigenvalue weighted by Gasteiger charge is -2.26. The van der Waals surface area contributed by atoms with Crippen LogP contribution in [0.5, 0.6) is 0 Å². The fraction of sp³-hybridized carbons (Fsp3) is 0.211. The number of anilines is 1. The molecule has 0 spiro atoms. The molecule has 1 aliphatic rings. The van der Waals surface area contributed by atoms with Crippen LogP contribution in [0, 0.1) is 10.8 Å². The largest absolute Gasteiger partial charge is 0.370 e. The summed E-state index contributed by atoms with van der Waals surface area (Å²) in [6.45, 7) is 1.80. The summed E-state index contributed by atoms with van der Waals surface area (Å²) in [5.74, 6) is -0.135. The number of amides is 1. The molecule has 1 aromatic heterocycles. The second kappa shape index (κ2) is 8.57. The van der Waals surface area contributed by atoms with Crippen molar-refractivity contribution >= 4 is 40.4 Å². The van der Waals surface area contributed by atoms with E-state index in [0.29, 0.717) is 30.2 Å². The van der Waals surface area contributed by atoms with E-state index in [-0.39, 0.29) is 17.8 Å². The van der Waals surface area contributed by atoms with Gasteiger partial charge in [-0.25, -0.2) is 0 Å². The summed E-state index contributed by atoms with van der Waals surface area (Å²) in [5, 5.41) is 22.3. The first-order valence-electron chi connectivity index (χ1n) is 8.77. The van der Waals surface area contributed by atoms with E-state index in [0.717, 1.165) is 17.5 Å². The summed E-state index contributed by atoms with van der Waals surface area (Å²) in [4.78, 5) is 15.0. The van der Waals surface area contributed by atoms with E-state index < -0.39 is 0 Å². The SMILES string of the molecule is N=C(N)NCc1ccc(NC(=O)c2cc(C3=CCN(C(=N)N)CC3)cs2)cc1. The molecule has 3 rings (SSSR count). The molecule has 1 amide bonds. The van der Waals surface area contributed by atoms with Gasteiger partial charge in [-0.1, -0.05) is 18.2 Å². The molecule has 2 heterocycles. The maximum atomic E-state index is 12.5. The molecule has 1 aromatic carbocycles. The molecule has 0 saturated heterocycles. The van der Waals surface area contributed by atoms with Crippen LogP contribution >= 0.6 is 11.3 Å². The Hall–Kier alpha value is -3.33. The predicted octanol–water partition coefficient (Wildman–Crippen LogP) is 1.97. The zero-order chi connectivity index (χ0) is 20.1. The lowest BCUT2D eigenvalue weighted by Crippen LogP contribution is -2.39. The quantitative estimate of drug-likeness (QED) is 0.337. The van der Waals surface area contributed by atoms with Gasteiger partial charge in [-0.2, -0.15) is 0 Å². The number of nitrogens with zero attached hydrogens (tertiary/aromatic N) is 1. The summed E-state index contributed by atoms with van der Waals surface area (Å²) in [5.41, 5.74) is 14.7. The average Bonchev–Trinajstić information content (AvgIpc) is 3.18.